The highest BCUT2D eigenvalue weighted by Crippen LogP contribution is 2.11. The molecule has 1 aromatic carbocycles. The van der Waals surface area contributed by atoms with Crippen LogP contribution in [-0.2, 0) is 11.3 Å². The van der Waals surface area contributed by atoms with Crippen molar-refractivity contribution < 1.29 is 14.6 Å². The first-order valence-corrected chi connectivity index (χ1v) is 6.89. The number of carbonyl (C=O) groups is 1. The van der Waals surface area contributed by atoms with Gasteiger partial charge in [0.15, 0.2) is 0 Å². The summed E-state index contributed by atoms with van der Waals surface area (Å²) in [5.41, 5.74) is 0.971. The van der Waals surface area contributed by atoms with E-state index in [4.69, 9.17) is 4.74 Å². The molecule has 19 heavy (non-hydrogen) atoms. The number of amides is 1. The van der Waals surface area contributed by atoms with Gasteiger partial charge in [0.2, 0.25) is 0 Å². The Morgan fingerprint density at radius 2 is 2.05 bits per heavy atom. The molecule has 4 heteroatoms. The van der Waals surface area contributed by atoms with Crippen molar-refractivity contribution in [2.75, 3.05) is 13.1 Å². The van der Waals surface area contributed by atoms with E-state index in [9.17, 15) is 9.90 Å². The van der Waals surface area contributed by atoms with E-state index in [1.165, 1.54) is 0 Å². The number of piperidine rings is 1. The Morgan fingerprint density at radius 3 is 2.68 bits per heavy atom. The molecular formula is C15H23NO3. The molecule has 1 N–H and O–H groups in total. The van der Waals surface area contributed by atoms with Crippen LogP contribution in [0.15, 0.2) is 30.3 Å². The van der Waals surface area contributed by atoms with Gasteiger partial charge in [-0.05, 0) is 18.4 Å². The molecule has 106 valence electrons. The zero-order valence-corrected chi connectivity index (χ0v) is 11.7. The predicted molar refractivity (Wildman–Crippen MR) is 74.8 cm³/mol. The van der Waals surface area contributed by atoms with E-state index in [1.54, 1.807) is 4.90 Å². The zero-order valence-electron chi connectivity index (χ0n) is 11.7. The normalized spacial score (nSPS) is 18.3. The smallest absolute Gasteiger partial charge is 0.410 e. The average Bonchev–Trinajstić information content (AvgIpc) is 2.48. The van der Waals surface area contributed by atoms with E-state index in [0.717, 1.165) is 18.4 Å². The third kappa shape index (κ3) is 5.30. The number of hydrogen-bond acceptors (Lipinski definition) is 3. The second-order valence-corrected chi connectivity index (χ2v) is 4.28. The lowest BCUT2D eigenvalue weighted by molar-refractivity contribution is 0.0461. The van der Waals surface area contributed by atoms with Crippen LogP contribution in [0.5, 0.6) is 0 Å². The summed E-state index contributed by atoms with van der Waals surface area (Å²) in [6.45, 7) is 5.34. The lowest BCUT2D eigenvalue weighted by Crippen LogP contribution is -2.42. The molecule has 2 rings (SSSR count). The van der Waals surface area contributed by atoms with Gasteiger partial charge < -0.3 is 14.7 Å². The summed E-state index contributed by atoms with van der Waals surface area (Å²) in [5.74, 6) is 0. The number of ether oxygens (including phenoxy) is 1. The molecule has 0 radical (unpaired) electrons. The molecule has 1 atom stereocenters. The number of nitrogens with zero attached hydrogens (tertiary/aromatic N) is 1. The zero-order chi connectivity index (χ0) is 14.1. The first kappa shape index (κ1) is 15.5. The minimum absolute atomic E-state index is 0.284. The van der Waals surface area contributed by atoms with E-state index >= 15 is 0 Å². The molecule has 1 aliphatic rings. The highest BCUT2D eigenvalue weighted by Gasteiger charge is 2.22. The fourth-order valence-electron chi connectivity index (χ4n) is 1.93. The van der Waals surface area contributed by atoms with Crippen molar-refractivity contribution in [1.29, 1.82) is 0 Å². The summed E-state index contributed by atoms with van der Waals surface area (Å²) >= 11 is 0. The number of hydrogen-bond donors (Lipinski definition) is 1. The highest BCUT2D eigenvalue weighted by atomic mass is 16.6. The molecule has 0 saturated carbocycles. The molecule has 4 nitrogen and oxygen atoms in total. The Bertz CT molecular complexity index is 367. The van der Waals surface area contributed by atoms with Crippen LogP contribution in [0.2, 0.25) is 0 Å². The summed E-state index contributed by atoms with van der Waals surface area (Å²) in [4.78, 5) is 13.3. The Hall–Kier alpha value is -1.55. The van der Waals surface area contributed by atoms with Gasteiger partial charge in [-0.3, -0.25) is 0 Å². The van der Waals surface area contributed by atoms with Crippen LogP contribution in [0.3, 0.4) is 0 Å². The van der Waals surface area contributed by atoms with E-state index in [0.29, 0.717) is 13.1 Å². The van der Waals surface area contributed by atoms with Crippen molar-refractivity contribution >= 4 is 6.09 Å². The molecule has 1 aliphatic heterocycles. The van der Waals surface area contributed by atoms with Crippen LogP contribution in [-0.4, -0.2) is 35.3 Å². The molecule has 1 heterocycles. The highest BCUT2D eigenvalue weighted by molar-refractivity contribution is 5.67. The molecule has 0 aromatic heterocycles. The van der Waals surface area contributed by atoms with E-state index in [2.05, 4.69) is 0 Å². The largest absolute Gasteiger partial charge is 0.445 e. The SMILES string of the molecule is CC.O=C(OCc1ccccc1)N1CCC[C@@H](O)C1. The summed E-state index contributed by atoms with van der Waals surface area (Å²) in [6.07, 6.45) is 0.852. The topological polar surface area (TPSA) is 49.8 Å². The third-order valence-electron chi connectivity index (χ3n) is 2.86. The van der Waals surface area contributed by atoms with Crippen molar-refractivity contribution in [3.8, 4) is 0 Å². The minimum atomic E-state index is -0.409. The van der Waals surface area contributed by atoms with Gasteiger partial charge >= 0.3 is 6.09 Å². The number of carbonyl (C=O) groups excluding carboxylic acids is 1. The second-order valence-electron chi connectivity index (χ2n) is 4.28. The molecule has 0 aliphatic carbocycles. The summed E-state index contributed by atoms with van der Waals surface area (Å²) in [5, 5.41) is 9.46. The van der Waals surface area contributed by atoms with Gasteiger partial charge in [-0.25, -0.2) is 4.79 Å². The predicted octanol–water partition coefficient (Wildman–Crippen LogP) is 2.81. The van der Waals surface area contributed by atoms with Gasteiger partial charge in [-0.15, -0.1) is 0 Å². The van der Waals surface area contributed by atoms with Gasteiger partial charge in [-0.1, -0.05) is 44.2 Å². The molecule has 0 bridgehead atoms. The van der Waals surface area contributed by atoms with Gasteiger partial charge in [0.25, 0.3) is 0 Å². The Morgan fingerprint density at radius 1 is 1.37 bits per heavy atom. The fraction of sp³-hybridized carbons (Fsp3) is 0.533. The second kappa shape index (κ2) is 8.53. The van der Waals surface area contributed by atoms with Crippen molar-refractivity contribution in [3.05, 3.63) is 35.9 Å². The molecule has 0 unspecified atom stereocenters. The number of benzene rings is 1. The van der Waals surface area contributed by atoms with Gasteiger partial charge in [0, 0.05) is 13.1 Å². The Kier molecular flexibility index (Phi) is 6.97. The monoisotopic (exact) mass is 265 g/mol. The van der Waals surface area contributed by atoms with Crippen LogP contribution in [0, 0.1) is 0 Å². The number of β-amino-alcohol motifs (C(OH)–C–C–N with tert-alkyl or cyclic N) is 1. The van der Waals surface area contributed by atoms with Gasteiger partial charge in [-0.2, -0.15) is 0 Å². The van der Waals surface area contributed by atoms with E-state index < -0.39 is 6.10 Å². The van der Waals surface area contributed by atoms with E-state index in [-0.39, 0.29) is 12.7 Å². The Labute approximate surface area is 115 Å². The third-order valence-corrected chi connectivity index (χ3v) is 2.86. The molecule has 1 fully saturated rings. The number of likely N-dealkylation sites (tertiary alicyclic amines) is 1. The molecular weight excluding hydrogens is 242 g/mol. The minimum Gasteiger partial charge on any atom is -0.445 e. The van der Waals surface area contributed by atoms with Crippen molar-refractivity contribution in [1.82, 2.24) is 4.90 Å². The average molecular weight is 265 g/mol. The number of rotatable bonds is 2. The number of aliphatic hydroxyl groups excluding tert-OH is 1. The lowest BCUT2D eigenvalue weighted by atomic mass is 10.1. The van der Waals surface area contributed by atoms with Crippen molar-refractivity contribution in [2.45, 2.75) is 39.4 Å². The maximum absolute atomic E-state index is 11.7. The number of aliphatic hydroxyl groups is 1. The van der Waals surface area contributed by atoms with E-state index in [1.807, 2.05) is 44.2 Å². The lowest BCUT2D eigenvalue weighted by Gasteiger charge is -2.29. The first-order valence-electron chi connectivity index (χ1n) is 6.89. The van der Waals surface area contributed by atoms with Gasteiger partial charge in [0.1, 0.15) is 6.61 Å². The maximum Gasteiger partial charge on any atom is 0.410 e. The molecule has 0 spiro atoms. The molecule has 1 aromatic rings. The van der Waals surface area contributed by atoms with Gasteiger partial charge in [0.05, 0.1) is 6.10 Å². The van der Waals surface area contributed by atoms with Crippen molar-refractivity contribution in [3.63, 3.8) is 0 Å². The molecule has 1 amide bonds. The standard InChI is InChI=1S/C13H17NO3.C2H6/c15-12-7-4-8-14(9-12)13(16)17-10-11-5-2-1-3-6-11;1-2/h1-3,5-6,12,15H,4,7-10H2;1-2H3/t12-;/m1./s1. The summed E-state index contributed by atoms with van der Waals surface area (Å²) in [6, 6.07) is 9.57. The summed E-state index contributed by atoms with van der Waals surface area (Å²) < 4.78 is 5.19. The van der Waals surface area contributed by atoms with Crippen LogP contribution < -0.4 is 0 Å². The van der Waals surface area contributed by atoms with Crippen LogP contribution in [0.4, 0.5) is 4.79 Å². The van der Waals surface area contributed by atoms with Crippen molar-refractivity contribution in [2.24, 2.45) is 0 Å². The van der Waals surface area contributed by atoms with Crippen LogP contribution in [0.1, 0.15) is 32.3 Å². The maximum atomic E-state index is 11.7. The Balaban J connectivity index is 0.000000861. The quantitative estimate of drug-likeness (QED) is 0.894. The fourth-order valence-corrected chi connectivity index (χ4v) is 1.93. The van der Waals surface area contributed by atoms with Crippen LogP contribution in [0.25, 0.3) is 0 Å². The van der Waals surface area contributed by atoms with Crippen LogP contribution >= 0.6 is 0 Å². The first-order chi connectivity index (χ1) is 9.25. The summed E-state index contributed by atoms with van der Waals surface area (Å²) in [7, 11) is 0. The molecule has 1 saturated heterocycles.